The maximum atomic E-state index is 13.7. The molecule has 0 radical (unpaired) electrons. The maximum absolute atomic E-state index is 13.7. The lowest BCUT2D eigenvalue weighted by atomic mass is 10.1. The molecule has 164 valence electrons. The fourth-order valence-electron chi connectivity index (χ4n) is 3.98. The van der Waals surface area contributed by atoms with Gasteiger partial charge in [0.1, 0.15) is 11.6 Å². The minimum absolute atomic E-state index is 0.283. The van der Waals surface area contributed by atoms with Crippen LogP contribution in [0, 0.1) is 5.82 Å². The van der Waals surface area contributed by atoms with E-state index in [9.17, 15) is 14.0 Å². The van der Waals surface area contributed by atoms with Gasteiger partial charge in [0.25, 0.3) is 11.1 Å². The van der Waals surface area contributed by atoms with Crippen LogP contribution in [0.25, 0.3) is 17.0 Å². The summed E-state index contributed by atoms with van der Waals surface area (Å²) in [4.78, 5) is 27.4. The summed E-state index contributed by atoms with van der Waals surface area (Å²) < 4.78 is 21.0. The number of anilines is 1. The Kier molecular flexibility index (Phi) is 5.48. The Bertz CT molecular complexity index is 1430. The average Bonchev–Trinajstić information content (AvgIpc) is 3.30. The summed E-state index contributed by atoms with van der Waals surface area (Å²) in [5.74, 6) is -0.224. The van der Waals surface area contributed by atoms with Gasteiger partial charge in [-0.1, -0.05) is 42.5 Å². The van der Waals surface area contributed by atoms with E-state index in [0.717, 1.165) is 38.7 Å². The van der Waals surface area contributed by atoms with Gasteiger partial charge in [0.2, 0.25) is 0 Å². The van der Waals surface area contributed by atoms with Crippen molar-refractivity contribution in [1.29, 1.82) is 0 Å². The molecular weight excluding hydrogens is 439 g/mol. The molecule has 0 saturated carbocycles. The number of benzene rings is 3. The molecule has 2 amide bonds. The molecular formula is C26H19FN2O3S. The fraction of sp³-hybridized carbons (Fsp3) is 0.0769. The maximum Gasteiger partial charge on any atom is 0.298 e. The number of fused-ring (bicyclic) bond motifs is 1. The van der Waals surface area contributed by atoms with Gasteiger partial charge in [-0.3, -0.25) is 9.59 Å². The van der Waals surface area contributed by atoms with E-state index in [1.165, 1.54) is 19.2 Å². The van der Waals surface area contributed by atoms with Crippen LogP contribution >= 0.6 is 11.8 Å². The number of ether oxygens (including phenoxy) is 1. The number of para-hydroxylation sites is 3. The molecule has 0 bridgehead atoms. The number of nitrogens with zero attached hydrogens (tertiary/aromatic N) is 2. The van der Waals surface area contributed by atoms with Crippen LogP contribution in [0.2, 0.25) is 0 Å². The molecule has 5 nitrogen and oxygen atoms in total. The van der Waals surface area contributed by atoms with E-state index >= 15 is 0 Å². The largest absolute Gasteiger partial charge is 0.495 e. The standard InChI is InChI=1S/C26H19FN2O3S/c1-32-23-12-5-4-11-22(23)29-25(30)24(33-26(29)31)14-18-16-28(21-10-3-2-9-20(18)21)15-17-7-6-8-19(27)13-17/h2-14,16H,15H2,1H3/b24-14-. The number of rotatable bonds is 5. The first-order chi connectivity index (χ1) is 16.0. The molecule has 1 saturated heterocycles. The molecule has 1 aromatic heterocycles. The van der Waals surface area contributed by atoms with E-state index in [1.807, 2.05) is 41.1 Å². The zero-order chi connectivity index (χ0) is 22.9. The van der Waals surface area contributed by atoms with Crippen molar-refractivity contribution in [3.63, 3.8) is 0 Å². The first-order valence-electron chi connectivity index (χ1n) is 10.3. The van der Waals surface area contributed by atoms with Gasteiger partial charge in [-0.25, -0.2) is 9.29 Å². The number of aromatic nitrogens is 1. The number of carbonyl (C=O) groups is 2. The minimum Gasteiger partial charge on any atom is -0.495 e. The normalized spacial score (nSPS) is 15.1. The third kappa shape index (κ3) is 3.91. The molecule has 5 rings (SSSR count). The van der Waals surface area contributed by atoms with Gasteiger partial charge in [0.05, 0.1) is 17.7 Å². The highest BCUT2D eigenvalue weighted by atomic mass is 32.2. The Morgan fingerprint density at radius 3 is 2.61 bits per heavy atom. The predicted octanol–water partition coefficient (Wildman–Crippen LogP) is 6.08. The van der Waals surface area contributed by atoms with Gasteiger partial charge in [-0.05, 0) is 53.7 Å². The number of thioether (sulfide) groups is 1. The molecule has 0 atom stereocenters. The summed E-state index contributed by atoms with van der Waals surface area (Å²) in [6.07, 6.45) is 3.66. The van der Waals surface area contributed by atoms with Crippen LogP contribution in [0.15, 0.2) is 83.9 Å². The molecule has 1 fully saturated rings. The third-order valence-corrected chi connectivity index (χ3v) is 6.34. The van der Waals surface area contributed by atoms with Crippen LogP contribution in [0.4, 0.5) is 14.9 Å². The van der Waals surface area contributed by atoms with Gasteiger partial charge in [0.15, 0.2) is 0 Å². The second kappa shape index (κ2) is 8.60. The van der Waals surface area contributed by atoms with E-state index in [4.69, 9.17) is 4.74 Å². The second-order valence-electron chi connectivity index (χ2n) is 7.55. The Morgan fingerprint density at radius 2 is 1.79 bits per heavy atom. The number of methoxy groups -OCH3 is 1. The third-order valence-electron chi connectivity index (χ3n) is 5.47. The quantitative estimate of drug-likeness (QED) is 0.340. The van der Waals surface area contributed by atoms with Gasteiger partial charge in [-0.15, -0.1) is 0 Å². The van der Waals surface area contributed by atoms with Crippen molar-refractivity contribution in [1.82, 2.24) is 4.57 Å². The zero-order valence-corrected chi connectivity index (χ0v) is 18.5. The zero-order valence-electron chi connectivity index (χ0n) is 17.7. The Balaban J connectivity index is 1.53. The molecule has 1 aliphatic rings. The highest BCUT2D eigenvalue weighted by Gasteiger charge is 2.37. The smallest absolute Gasteiger partial charge is 0.298 e. The fourth-order valence-corrected chi connectivity index (χ4v) is 4.81. The number of hydrogen-bond acceptors (Lipinski definition) is 4. The molecule has 3 aromatic carbocycles. The first kappa shape index (κ1) is 21.0. The average molecular weight is 459 g/mol. The van der Waals surface area contributed by atoms with Crippen LogP contribution < -0.4 is 9.64 Å². The van der Waals surface area contributed by atoms with Gasteiger partial charge in [0, 0.05) is 29.2 Å². The topological polar surface area (TPSA) is 51.5 Å². The summed E-state index contributed by atoms with van der Waals surface area (Å²) in [6.45, 7) is 0.481. The summed E-state index contributed by atoms with van der Waals surface area (Å²) in [6, 6.07) is 21.2. The molecule has 33 heavy (non-hydrogen) atoms. The van der Waals surface area contributed by atoms with Crippen molar-refractivity contribution in [3.05, 3.63) is 101 Å². The molecule has 2 heterocycles. The Hall–Kier alpha value is -3.84. The van der Waals surface area contributed by atoms with Crippen LogP contribution in [0.1, 0.15) is 11.1 Å². The highest BCUT2D eigenvalue weighted by Crippen LogP contribution is 2.40. The van der Waals surface area contributed by atoms with E-state index in [0.29, 0.717) is 22.9 Å². The Labute approximate surface area is 194 Å². The Morgan fingerprint density at radius 1 is 1.00 bits per heavy atom. The summed E-state index contributed by atoms with van der Waals surface area (Å²) >= 11 is 0.899. The van der Waals surface area contributed by atoms with Crippen molar-refractivity contribution in [2.75, 3.05) is 12.0 Å². The first-order valence-corrected chi connectivity index (χ1v) is 11.1. The van der Waals surface area contributed by atoms with Crippen molar-refractivity contribution in [2.24, 2.45) is 0 Å². The number of carbonyl (C=O) groups excluding carboxylic acids is 2. The predicted molar refractivity (Wildman–Crippen MR) is 129 cm³/mol. The summed E-state index contributed by atoms with van der Waals surface area (Å²) in [5.41, 5.74) is 3.02. The van der Waals surface area contributed by atoms with Gasteiger partial charge < -0.3 is 9.30 Å². The van der Waals surface area contributed by atoms with E-state index in [-0.39, 0.29) is 11.1 Å². The van der Waals surface area contributed by atoms with Gasteiger partial charge >= 0.3 is 0 Å². The molecule has 4 aromatic rings. The SMILES string of the molecule is COc1ccccc1N1C(=O)S/C(=C\c2cn(Cc3cccc(F)c3)c3ccccc23)C1=O. The lowest BCUT2D eigenvalue weighted by Gasteiger charge is -2.15. The number of halogens is 1. The molecule has 0 N–H and O–H groups in total. The number of imide groups is 1. The summed E-state index contributed by atoms with van der Waals surface area (Å²) in [7, 11) is 1.50. The lowest BCUT2D eigenvalue weighted by molar-refractivity contribution is -0.113. The van der Waals surface area contributed by atoms with Crippen molar-refractivity contribution in [2.45, 2.75) is 6.54 Å². The van der Waals surface area contributed by atoms with Crippen molar-refractivity contribution >= 4 is 45.6 Å². The van der Waals surface area contributed by atoms with Crippen LogP contribution in [-0.4, -0.2) is 22.8 Å². The van der Waals surface area contributed by atoms with Crippen LogP contribution in [0.5, 0.6) is 5.75 Å². The van der Waals surface area contributed by atoms with Crippen LogP contribution in [0.3, 0.4) is 0 Å². The number of hydrogen-bond donors (Lipinski definition) is 0. The van der Waals surface area contributed by atoms with E-state index < -0.39 is 5.91 Å². The monoisotopic (exact) mass is 458 g/mol. The van der Waals surface area contributed by atoms with E-state index in [2.05, 4.69) is 0 Å². The molecule has 0 unspecified atom stereocenters. The molecule has 0 spiro atoms. The van der Waals surface area contributed by atoms with Crippen molar-refractivity contribution < 1.29 is 18.7 Å². The van der Waals surface area contributed by atoms with E-state index in [1.54, 1.807) is 36.4 Å². The molecule has 1 aliphatic heterocycles. The summed E-state index contributed by atoms with van der Waals surface area (Å²) in [5, 5.41) is 0.567. The second-order valence-corrected chi connectivity index (χ2v) is 8.54. The molecule has 7 heteroatoms. The lowest BCUT2D eigenvalue weighted by Crippen LogP contribution is -2.28. The minimum atomic E-state index is -0.392. The van der Waals surface area contributed by atoms with Crippen molar-refractivity contribution in [3.8, 4) is 5.75 Å². The molecule has 0 aliphatic carbocycles. The van der Waals surface area contributed by atoms with Crippen LogP contribution in [-0.2, 0) is 11.3 Å². The highest BCUT2D eigenvalue weighted by molar-refractivity contribution is 8.19. The number of amides is 2. The van der Waals surface area contributed by atoms with Gasteiger partial charge in [-0.2, -0.15) is 0 Å².